The molecule has 0 aliphatic carbocycles. The molecule has 0 fully saturated rings. The third-order valence-corrected chi connectivity index (χ3v) is 10.0. The maximum Gasteiger partial charge on any atom is 0.253 e. The molecule has 3 atom stereocenters. The zero-order valence-corrected chi connectivity index (χ0v) is 21.7. The molecule has 9 heteroatoms. The number of amides is 1. The summed E-state index contributed by atoms with van der Waals surface area (Å²) in [5.41, 5.74) is 8.90. The summed E-state index contributed by atoms with van der Waals surface area (Å²) in [5.74, 6) is -0.728. The fourth-order valence-corrected chi connectivity index (χ4v) is 7.87. The van der Waals surface area contributed by atoms with Gasteiger partial charge in [0.15, 0.2) is 0 Å². The second kappa shape index (κ2) is 11.1. The van der Waals surface area contributed by atoms with Gasteiger partial charge in [0.25, 0.3) is 14.2 Å². The van der Waals surface area contributed by atoms with Gasteiger partial charge >= 0.3 is 0 Å². The van der Waals surface area contributed by atoms with E-state index in [2.05, 4.69) is 63.4 Å². The van der Waals surface area contributed by atoms with Crippen LogP contribution >= 0.6 is 22.6 Å². The first-order valence-electron chi connectivity index (χ1n) is 9.97. The van der Waals surface area contributed by atoms with Crippen molar-refractivity contribution in [2.45, 2.75) is 29.9 Å². The van der Waals surface area contributed by atoms with Gasteiger partial charge in [0, 0.05) is 18.5 Å². The molecule has 2 aromatic carbocycles. The minimum Gasteiger partial charge on any atom is -0.403 e. The van der Waals surface area contributed by atoms with Gasteiger partial charge in [0.2, 0.25) is 0 Å². The molecule has 0 radical (unpaired) electrons. The Bertz CT molecular complexity index is 868. The summed E-state index contributed by atoms with van der Waals surface area (Å²) in [5, 5.41) is 7.21. The lowest BCUT2D eigenvalue weighted by Crippen LogP contribution is -2.64. The number of halogens is 1. The fourth-order valence-electron chi connectivity index (χ4n) is 3.58. The molecule has 0 aromatic heterocycles. The van der Waals surface area contributed by atoms with E-state index in [1.54, 1.807) is 7.05 Å². The number of benzene rings is 2. The van der Waals surface area contributed by atoms with Crippen LogP contribution in [-0.4, -0.2) is 49.5 Å². The standard InChI is InChI=1S/C22H29IN4O3Si/c1-17(21(28)27(3)29-4)20(22(2,23)16-25-26-24)30-31(5,18-12-8-6-9-13-18)19-14-10-7-11-15-19/h6-15,17,20H,16H2,1-5H3/t17-,20-,22?/m1/s1. The summed E-state index contributed by atoms with van der Waals surface area (Å²) in [6.07, 6.45) is -0.527. The second-order valence-corrected chi connectivity index (χ2v) is 13.7. The molecule has 7 nitrogen and oxygen atoms in total. The number of alkyl halides is 1. The van der Waals surface area contributed by atoms with Crippen molar-refractivity contribution in [2.24, 2.45) is 11.0 Å². The highest BCUT2D eigenvalue weighted by Gasteiger charge is 2.46. The molecule has 0 saturated carbocycles. The lowest BCUT2D eigenvalue weighted by atomic mass is 9.92. The smallest absolute Gasteiger partial charge is 0.253 e. The molecule has 0 aliphatic heterocycles. The highest BCUT2D eigenvalue weighted by atomic mass is 127. The van der Waals surface area contributed by atoms with Gasteiger partial charge in [-0.25, -0.2) is 5.06 Å². The normalized spacial score (nSPS) is 15.3. The van der Waals surface area contributed by atoms with Crippen LogP contribution in [0, 0.1) is 5.92 Å². The van der Waals surface area contributed by atoms with Crippen LogP contribution in [0.15, 0.2) is 65.8 Å². The van der Waals surface area contributed by atoms with E-state index >= 15 is 0 Å². The summed E-state index contributed by atoms with van der Waals surface area (Å²) in [6, 6.07) is 20.2. The number of hydrogen-bond acceptors (Lipinski definition) is 4. The van der Waals surface area contributed by atoms with Gasteiger partial charge in [-0.15, -0.1) is 0 Å². The molecule has 0 saturated heterocycles. The number of carbonyl (C=O) groups excluding carboxylic acids is 1. The van der Waals surface area contributed by atoms with E-state index < -0.39 is 23.8 Å². The van der Waals surface area contributed by atoms with Gasteiger partial charge in [-0.2, -0.15) is 0 Å². The highest BCUT2D eigenvalue weighted by Crippen LogP contribution is 2.34. The number of hydrogen-bond donors (Lipinski definition) is 0. The topological polar surface area (TPSA) is 87.5 Å². The van der Waals surface area contributed by atoms with Gasteiger partial charge < -0.3 is 4.43 Å². The second-order valence-electron chi connectivity index (χ2n) is 7.78. The molecule has 2 aromatic rings. The van der Waals surface area contributed by atoms with E-state index in [-0.39, 0.29) is 12.5 Å². The van der Waals surface area contributed by atoms with Gasteiger partial charge in [0.05, 0.1) is 22.6 Å². The summed E-state index contributed by atoms with van der Waals surface area (Å²) in [6.45, 7) is 6.12. The zero-order valence-electron chi connectivity index (χ0n) is 18.5. The Labute approximate surface area is 198 Å². The molecular weight excluding hydrogens is 523 g/mol. The SMILES string of the molecule is CON(C)C(=O)[C@H](C)[C@@H](O[Si](C)(c1ccccc1)c1ccccc1)C(C)(I)CN=[N+]=[N-]. The Hall–Kier alpha value is -1.91. The third-order valence-electron chi connectivity index (χ3n) is 5.48. The first-order chi connectivity index (χ1) is 14.7. The monoisotopic (exact) mass is 552 g/mol. The maximum atomic E-state index is 13.0. The Morgan fingerprint density at radius 2 is 1.68 bits per heavy atom. The molecular formula is C22H29IN4O3Si. The summed E-state index contributed by atoms with van der Waals surface area (Å²) >= 11 is 2.24. The van der Waals surface area contributed by atoms with Crippen LogP contribution in [0.4, 0.5) is 0 Å². The lowest BCUT2D eigenvalue weighted by molar-refractivity contribution is -0.176. The molecule has 2 rings (SSSR count). The number of azide groups is 1. The van der Waals surface area contributed by atoms with Crippen molar-refractivity contribution in [1.29, 1.82) is 0 Å². The number of nitrogens with zero attached hydrogens (tertiary/aromatic N) is 4. The fraction of sp³-hybridized carbons (Fsp3) is 0.409. The van der Waals surface area contributed by atoms with E-state index in [0.29, 0.717) is 0 Å². The molecule has 1 amide bonds. The van der Waals surface area contributed by atoms with Crippen molar-refractivity contribution in [3.05, 3.63) is 71.1 Å². The zero-order chi connectivity index (χ0) is 23.1. The Morgan fingerprint density at radius 3 is 2.10 bits per heavy atom. The molecule has 0 spiro atoms. The number of rotatable bonds is 10. The van der Waals surface area contributed by atoms with Gasteiger partial charge in [-0.3, -0.25) is 9.63 Å². The van der Waals surface area contributed by atoms with Crippen molar-refractivity contribution in [3.8, 4) is 0 Å². The average Bonchev–Trinajstić information content (AvgIpc) is 2.80. The molecule has 0 bridgehead atoms. The average molecular weight is 552 g/mol. The number of hydroxylamine groups is 2. The maximum absolute atomic E-state index is 13.0. The Kier molecular flexibility index (Phi) is 9.08. The molecule has 0 N–H and O–H groups in total. The lowest BCUT2D eigenvalue weighted by Gasteiger charge is -2.42. The van der Waals surface area contributed by atoms with Gasteiger partial charge in [-0.1, -0.05) is 95.3 Å². The van der Waals surface area contributed by atoms with E-state index in [1.807, 2.05) is 50.2 Å². The van der Waals surface area contributed by atoms with Crippen molar-refractivity contribution >= 4 is 47.2 Å². The Morgan fingerprint density at radius 1 is 1.19 bits per heavy atom. The van der Waals surface area contributed by atoms with Crippen LogP contribution in [0.5, 0.6) is 0 Å². The number of carbonyl (C=O) groups is 1. The minimum absolute atomic E-state index is 0.192. The minimum atomic E-state index is -2.72. The van der Waals surface area contributed by atoms with Gasteiger partial charge in [-0.05, 0) is 29.4 Å². The van der Waals surface area contributed by atoms with Crippen molar-refractivity contribution in [1.82, 2.24) is 5.06 Å². The summed E-state index contributed by atoms with van der Waals surface area (Å²) in [4.78, 5) is 21.1. The highest BCUT2D eigenvalue weighted by molar-refractivity contribution is 14.1. The summed E-state index contributed by atoms with van der Waals surface area (Å²) < 4.78 is 6.38. The largest absolute Gasteiger partial charge is 0.403 e. The van der Waals surface area contributed by atoms with Crippen LogP contribution in [0.1, 0.15) is 13.8 Å². The first-order valence-corrected chi connectivity index (χ1v) is 13.5. The van der Waals surface area contributed by atoms with Crippen LogP contribution in [0.25, 0.3) is 10.4 Å². The Balaban J connectivity index is 2.59. The van der Waals surface area contributed by atoms with E-state index in [0.717, 1.165) is 10.4 Å². The van der Waals surface area contributed by atoms with Crippen molar-refractivity contribution in [3.63, 3.8) is 0 Å². The predicted molar refractivity (Wildman–Crippen MR) is 134 cm³/mol. The molecule has 1 unspecified atom stereocenters. The van der Waals surface area contributed by atoms with Crippen LogP contribution in [0.2, 0.25) is 6.55 Å². The predicted octanol–water partition coefficient (Wildman–Crippen LogP) is 3.92. The van der Waals surface area contributed by atoms with Crippen molar-refractivity contribution in [2.75, 3.05) is 20.7 Å². The molecule has 166 valence electrons. The molecule has 0 aliphatic rings. The van der Waals surface area contributed by atoms with Crippen molar-refractivity contribution < 1.29 is 14.1 Å². The summed E-state index contributed by atoms with van der Waals surface area (Å²) in [7, 11) is 0.319. The van der Waals surface area contributed by atoms with Crippen LogP contribution < -0.4 is 10.4 Å². The van der Waals surface area contributed by atoms with Gasteiger partial charge in [0.1, 0.15) is 0 Å². The first kappa shape index (κ1) is 25.3. The quantitative estimate of drug-likeness (QED) is 0.0852. The van der Waals surface area contributed by atoms with Crippen LogP contribution in [-0.2, 0) is 14.1 Å². The molecule has 0 heterocycles. The van der Waals surface area contributed by atoms with E-state index in [4.69, 9.17) is 14.8 Å². The third kappa shape index (κ3) is 6.08. The van der Waals surface area contributed by atoms with E-state index in [9.17, 15) is 4.79 Å². The molecule has 31 heavy (non-hydrogen) atoms. The van der Waals surface area contributed by atoms with E-state index in [1.165, 1.54) is 12.2 Å². The van der Waals surface area contributed by atoms with Crippen LogP contribution in [0.3, 0.4) is 0 Å².